The molecule has 3 saturated heterocycles. The molecule has 1 spiro atoms. The van der Waals surface area contributed by atoms with Crippen molar-refractivity contribution in [1.82, 2.24) is 4.90 Å². The zero-order valence-electron chi connectivity index (χ0n) is 20.5. The van der Waals surface area contributed by atoms with Crippen molar-refractivity contribution in [3.05, 3.63) is 90.0 Å². The van der Waals surface area contributed by atoms with Gasteiger partial charge in [-0.25, -0.2) is 4.90 Å². The lowest BCUT2D eigenvalue weighted by molar-refractivity contribution is -0.137. The zero-order chi connectivity index (χ0) is 25.3. The number of imide groups is 1. The average molecular weight is 494 g/mol. The minimum absolute atomic E-state index is 0.102. The van der Waals surface area contributed by atoms with Crippen LogP contribution >= 0.6 is 0 Å². The van der Waals surface area contributed by atoms with Crippen molar-refractivity contribution in [2.24, 2.45) is 11.8 Å². The van der Waals surface area contributed by atoms with Gasteiger partial charge < -0.3 is 9.64 Å². The monoisotopic (exact) mass is 493 g/mol. The molecule has 7 rings (SSSR count). The van der Waals surface area contributed by atoms with Crippen LogP contribution in [0.5, 0.6) is 5.75 Å². The van der Waals surface area contributed by atoms with Crippen LogP contribution < -0.4 is 14.5 Å². The van der Waals surface area contributed by atoms with Crippen molar-refractivity contribution in [2.75, 3.05) is 23.5 Å². The first-order valence-electron chi connectivity index (χ1n) is 12.8. The molecule has 186 valence electrons. The number of hydrogen-bond donors (Lipinski definition) is 0. The van der Waals surface area contributed by atoms with E-state index < -0.39 is 17.4 Å². The van der Waals surface area contributed by atoms with Gasteiger partial charge in [0, 0.05) is 17.3 Å². The second-order valence-electron chi connectivity index (χ2n) is 10.3. The van der Waals surface area contributed by atoms with Gasteiger partial charge in [-0.15, -0.1) is 0 Å². The molecule has 37 heavy (non-hydrogen) atoms. The molecule has 0 bridgehead atoms. The van der Waals surface area contributed by atoms with E-state index in [4.69, 9.17) is 4.74 Å². The molecule has 4 aliphatic heterocycles. The summed E-state index contributed by atoms with van der Waals surface area (Å²) in [5.74, 6) is -1.26. The first kappa shape index (κ1) is 22.2. The highest BCUT2D eigenvalue weighted by Crippen LogP contribution is 2.62. The highest BCUT2D eigenvalue weighted by Gasteiger charge is 2.75. The van der Waals surface area contributed by atoms with E-state index in [0.717, 1.165) is 29.7 Å². The first-order valence-corrected chi connectivity index (χ1v) is 12.8. The second kappa shape index (κ2) is 8.02. The molecule has 3 aromatic rings. The fourth-order valence-electron chi connectivity index (χ4n) is 7.25. The fraction of sp³-hybridized carbons (Fsp3) is 0.300. The third-order valence-corrected chi connectivity index (χ3v) is 8.66. The Bertz CT molecular complexity index is 1420. The molecule has 3 fully saturated rings. The molecule has 0 radical (unpaired) electrons. The Morgan fingerprint density at radius 3 is 2.38 bits per heavy atom. The molecule has 3 aromatic carbocycles. The number of carbonyl (C=O) groups excluding carboxylic acids is 3. The van der Waals surface area contributed by atoms with Crippen molar-refractivity contribution >= 4 is 29.1 Å². The molecule has 4 aliphatic rings. The number of hydrogen-bond acceptors (Lipinski definition) is 5. The van der Waals surface area contributed by atoms with Crippen molar-refractivity contribution < 1.29 is 19.1 Å². The summed E-state index contributed by atoms with van der Waals surface area (Å²) in [6.45, 7) is 1.11. The van der Waals surface area contributed by atoms with E-state index in [1.807, 2.05) is 59.5 Å². The summed E-state index contributed by atoms with van der Waals surface area (Å²) in [5.41, 5.74) is 2.03. The number of benzene rings is 3. The number of amides is 3. The number of nitrogens with zero attached hydrogens (tertiary/aromatic N) is 3. The largest absolute Gasteiger partial charge is 0.497 e. The van der Waals surface area contributed by atoms with Crippen molar-refractivity contribution in [3.63, 3.8) is 0 Å². The molecule has 4 atom stereocenters. The number of para-hydroxylation sites is 1. The van der Waals surface area contributed by atoms with E-state index in [1.165, 1.54) is 4.90 Å². The highest BCUT2D eigenvalue weighted by atomic mass is 16.5. The molecular weight excluding hydrogens is 466 g/mol. The van der Waals surface area contributed by atoms with E-state index in [9.17, 15) is 14.4 Å². The number of methoxy groups -OCH3 is 1. The van der Waals surface area contributed by atoms with Gasteiger partial charge >= 0.3 is 0 Å². The van der Waals surface area contributed by atoms with Crippen LogP contribution in [0.1, 0.15) is 24.0 Å². The molecule has 7 heteroatoms. The van der Waals surface area contributed by atoms with Crippen LogP contribution in [0.15, 0.2) is 78.9 Å². The maximum atomic E-state index is 14.6. The third kappa shape index (κ3) is 2.83. The Morgan fingerprint density at radius 2 is 1.62 bits per heavy atom. The molecule has 0 saturated carbocycles. The van der Waals surface area contributed by atoms with Crippen LogP contribution in [0.2, 0.25) is 0 Å². The standard InChI is InChI=1S/C30H27N3O4/c1-37-21-15-13-20(14-16-21)33-27(34)25-24-12-7-17-32(24)30(26(25)28(33)35)22-10-5-6-11-23(22)31(29(30)36)18-19-8-3-2-4-9-19/h2-6,8-11,13-16,24-26H,7,12,17-18H2,1H3/t24-,25+,26+,30-/m1/s1. The van der Waals surface area contributed by atoms with E-state index in [2.05, 4.69) is 4.90 Å². The third-order valence-electron chi connectivity index (χ3n) is 8.66. The molecular formula is C30H27N3O4. The molecule has 7 nitrogen and oxygen atoms in total. The first-order chi connectivity index (χ1) is 18.1. The predicted octanol–water partition coefficient (Wildman–Crippen LogP) is 3.72. The molecule has 0 N–H and O–H groups in total. The van der Waals surface area contributed by atoms with Gasteiger partial charge in [0.2, 0.25) is 11.8 Å². The SMILES string of the molecule is COc1ccc(N2C(=O)[C@H]3[C@H]4CCCN4[C@@]4(C(=O)N(Cc5ccccc5)c5ccccc54)[C@@H]3C2=O)cc1. The fourth-order valence-corrected chi connectivity index (χ4v) is 7.25. The van der Waals surface area contributed by atoms with Crippen LogP contribution in [0.4, 0.5) is 11.4 Å². The summed E-state index contributed by atoms with van der Waals surface area (Å²) in [5, 5.41) is 0. The quantitative estimate of drug-likeness (QED) is 0.518. The number of ether oxygens (including phenoxy) is 1. The summed E-state index contributed by atoms with van der Waals surface area (Å²) >= 11 is 0. The summed E-state index contributed by atoms with van der Waals surface area (Å²) in [4.78, 5) is 48.1. The summed E-state index contributed by atoms with van der Waals surface area (Å²) in [7, 11) is 1.58. The van der Waals surface area contributed by atoms with Crippen LogP contribution in [0.25, 0.3) is 0 Å². The lowest BCUT2D eigenvalue weighted by atomic mass is 9.75. The van der Waals surface area contributed by atoms with Gasteiger partial charge in [0.1, 0.15) is 11.3 Å². The Balaban J connectivity index is 1.37. The van der Waals surface area contributed by atoms with Gasteiger partial charge in [-0.2, -0.15) is 0 Å². The highest BCUT2D eigenvalue weighted by molar-refractivity contribution is 6.26. The van der Waals surface area contributed by atoms with E-state index in [1.54, 1.807) is 31.4 Å². The number of anilines is 2. The van der Waals surface area contributed by atoms with Gasteiger partial charge in [0.15, 0.2) is 0 Å². The minimum Gasteiger partial charge on any atom is -0.497 e. The predicted molar refractivity (Wildman–Crippen MR) is 138 cm³/mol. The van der Waals surface area contributed by atoms with E-state index in [0.29, 0.717) is 24.5 Å². The van der Waals surface area contributed by atoms with Crippen LogP contribution in [0.3, 0.4) is 0 Å². The van der Waals surface area contributed by atoms with Gasteiger partial charge in [-0.3, -0.25) is 19.3 Å². The number of fused-ring (bicyclic) bond motifs is 7. The Morgan fingerprint density at radius 1 is 0.892 bits per heavy atom. The summed E-state index contributed by atoms with van der Waals surface area (Å²) in [6.07, 6.45) is 1.69. The number of carbonyl (C=O) groups is 3. The van der Waals surface area contributed by atoms with Gasteiger partial charge in [0.25, 0.3) is 5.91 Å². The maximum absolute atomic E-state index is 14.6. The molecule has 0 unspecified atom stereocenters. The normalized spacial score (nSPS) is 28.2. The molecule has 0 aromatic heterocycles. The lowest BCUT2D eigenvalue weighted by Gasteiger charge is -2.37. The topological polar surface area (TPSA) is 70.2 Å². The van der Waals surface area contributed by atoms with Crippen LogP contribution in [-0.4, -0.2) is 42.3 Å². The summed E-state index contributed by atoms with van der Waals surface area (Å²) in [6, 6.07) is 24.5. The van der Waals surface area contributed by atoms with Crippen LogP contribution in [0, 0.1) is 11.8 Å². The Kier molecular flexibility index (Phi) is 4.82. The Labute approximate surface area is 215 Å². The van der Waals surface area contributed by atoms with Crippen molar-refractivity contribution in [1.29, 1.82) is 0 Å². The second-order valence-corrected chi connectivity index (χ2v) is 10.3. The smallest absolute Gasteiger partial charge is 0.253 e. The van der Waals surface area contributed by atoms with Gasteiger partial charge in [-0.1, -0.05) is 48.5 Å². The summed E-state index contributed by atoms with van der Waals surface area (Å²) < 4.78 is 5.26. The Hall–Kier alpha value is -3.97. The van der Waals surface area contributed by atoms with Crippen LogP contribution in [-0.2, 0) is 26.5 Å². The van der Waals surface area contributed by atoms with E-state index in [-0.39, 0.29) is 23.8 Å². The number of rotatable bonds is 4. The van der Waals surface area contributed by atoms with Crippen molar-refractivity contribution in [2.45, 2.75) is 31.0 Å². The molecule has 4 heterocycles. The van der Waals surface area contributed by atoms with Gasteiger partial charge in [-0.05, 0) is 55.3 Å². The minimum atomic E-state index is -1.18. The maximum Gasteiger partial charge on any atom is 0.253 e. The molecule has 0 aliphatic carbocycles. The van der Waals surface area contributed by atoms with E-state index >= 15 is 0 Å². The van der Waals surface area contributed by atoms with Gasteiger partial charge in [0.05, 0.1) is 31.2 Å². The zero-order valence-corrected chi connectivity index (χ0v) is 20.5. The lowest BCUT2D eigenvalue weighted by Crippen LogP contribution is -2.55. The molecule has 3 amide bonds. The van der Waals surface area contributed by atoms with Crippen molar-refractivity contribution in [3.8, 4) is 5.75 Å². The average Bonchev–Trinajstić information content (AvgIpc) is 3.64.